The molecule has 2 aliphatic rings. The molecule has 0 aromatic heterocycles. The number of nitrogens with zero attached hydrogens (tertiary/aromatic N) is 1. The van der Waals surface area contributed by atoms with Crippen LogP contribution in [0.4, 0.5) is 0 Å². The standard InChI is InChI=1S/C31H37NO/c1-22-19-27(20-32-18-8-7-11-23(32)2)29-16-10-17-30(29)31(22)33-21-26-14-9-15-28(24(26)3)25-12-5-4-6-13-25/h4-6,9,12-15,19,23H,7-8,10-11,16-18,20-21H2,1-3H3/t23-/m1/s1. The van der Waals surface area contributed by atoms with Gasteiger partial charge >= 0.3 is 0 Å². The Bertz CT molecular complexity index is 1120. The summed E-state index contributed by atoms with van der Waals surface area (Å²) in [5, 5.41) is 0. The Hall–Kier alpha value is -2.58. The molecule has 0 radical (unpaired) electrons. The molecule has 3 aromatic carbocycles. The van der Waals surface area contributed by atoms with Crippen LogP contribution in [0.25, 0.3) is 11.1 Å². The van der Waals surface area contributed by atoms with Gasteiger partial charge in [0.15, 0.2) is 0 Å². The summed E-state index contributed by atoms with van der Waals surface area (Å²) in [6.07, 6.45) is 7.66. The fourth-order valence-corrected chi connectivity index (χ4v) is 5.87. The molecule has 1 saturated heterocycles. The van der Waals surface area contributed by atoms with Crippen molar-refractivity contribution in [1.82, 2.24) is 4.90 Å². The average molecular weight is 440 g/mol. The molecule has 0 amide bonds. The number of ether oxygens (including phenoxy) is 1. The van der Waals surface area contributed by atoms with Gasteiger partial charge in [0.2, 0.25) is 0 Å². The molecule has 5 rings (SSSR count). The Labute approximate surface area is 199 Å². The Kier molecular flexibility index (Phi) is 6.55. The summed E-state index contributed by atoms with van der Waals surface area (Å²) in [4.78, 5) is 2.69. The lowest BCUT2D eigenvalue weighted by atomic mass is 9.95. The number of aryl methyl sites for hydroxylation is 1. The van der Waals surface area contributed by atoms with Crippen molar-refractivity contribution in [3.8, 4) is 16.9 Å². The minimum atomic E-state index is 0.627. The van der Waals surface area contributed by atoms with Crippen LogP contribution in [-0.2, 0) is 26.0 Å². The van der Waals surface area contributed by atoms with Crippen molar-refractivity contribution in [2.45, 2.75) is 78.5 Å². The smallest absolute Gasteiger partial charge is 0.126 e. The Morgan fingerprint density at radius 1 is 0.879 bits per heavy atom. The van der Waals surface area contributed by atoms with Gasteiger partial charge in [-0.1, -0.05) is 61.0 Å². The van der Waals surface area contributed by atoms with Gasteiger partial charge < -0.3 is 4.74 Å². The van der Waals surface area contributed by atoms with Gasteiger partial charge in [-0.25, -0.2) is 0 Å². The highest BCUT2D eigenvalue weighted by Crippen LogP contribution is 2.38. The maximum atomic E-state index is 6.59. The lowest BCUT2D eigenvalue weighted by molar-refractivity contribution is 0.152. The number of fused-ring (bicyclic) bond motifs is 1. The van der Waals surface area contributed by atoms with E-state index in [1.54, 1.807) is 11.1 Å². The van der Waals surface area contributed by atoms with Crippen molar-refractivity contribution in [1.29, 1.82) is 0 Å². The van der Waals surface area contributed by atoms with E-state index in [-0.39, 0.29) is 0 Å². The molecule has 0 saturated carbocycles. The number of rotatable bonds is 6. The number of piperidine rings is 1. The lowest BCUT2D eigenvalue weighted by Gasteiger charge is -2.34. The summed E-state index contributed by atoms with van der Waals surface area (Å²) in [6.45, 7) is 9.83. The van der Waals surface area contributed by atoms with Gasteiger partial charge in [0.1, 0.15) is 12.4 Å². The zero-order valence-electron chi connectivity index (χ0n) is 20.5. The molecule has 33 heavy (non-hydrogen) atoms. The second kappa shape index (κ2) is 9.73. The molecule has 0 spiro atoms. The molecule has 0 bridgehead atoms. The van der Waals surface area contributed by atoms with Crippen LogP contribution in [0.5, 0.6) is 5.75 Å². The molecule has 1 aliphatic heterocycles. The van der Waals surface area contributed by atoms with E-state index in [0.29, 0.717) is 12.6 Å². The van der Waals surface area contributed by atoms with Crippen LogP contribution in [0.1, 0.15) is 66.0 Å². The summed E-state index contributed by atoms with van der Waals surface area (Å²) < 4.78 is 6.59. The van der Waals surface area contributed by atoms with E-state index in [2.05, 4.69) is 80.3 Å². The van der Waals surface area contributed by atoms with E-state index in [1.165, 1.54) is 72.0 Å². The van der Waals surface area contributed by atoms with Gasteiger partial charge in [-0.15, -0.1) is 0 Å². The van der Waals surface area contributed by atoms with Crippen LogP contribution in [0, 0.1) is 13.8 Å². The topological polar surface area (TPSA) is 12.5 Å². The Morgan fingerprint density at radius 3 is 2.52 bits per heavy atom. The highest BCUT2D eigenvalue weighted by molar-refractivity contribution is 5.68. The van der Waals surface area contributed by atoms with Crippen molar-refractivity contribution in [3.63, 3.8) is 0 Å². The molecular weight excluding hydrogens is 402 g/mol. The van der Waals surface area contributed by atoms with Crippen LogP contribution in [0.2, 0.25) is 0 Å². The van der Waals surface area contributed by atoms with Crippen molar-refractivity contribution >= 4 is 0 Å². The fourth-order valence-electron chi connectivity index (χ4n) is 5.87. The average Bonchev–Trinajstić information content (AvgIpc) is 3.32. The first-order valence-corrected chi connectivity index (χ1v) is 12.8. The largest absolute Gasteiger partial charge is 0.488 e. The lowest BCUT2D eigenvalue weighted by Crippen LogP contribution is -2.37. The van der Waals surface area contributed by atoms with Crippen LogP contribution in [-0.4, -0.2) is 17.5 Å². The monoisotopic (exact) mass is 439 g/mol. The second-order valence-corrected chi connectivity index (χ2v) is 10.1. The zero-order valence-corrected chi connectivity index (χ0v) is 20.5. The summed E-state index contributed by atoms with van der Waals surface area (Å²) in [7, 11) is 0. The first-order chi connectivity index (χ1) is 16.1. The van der Waals surface area contributed by atoms with E-state index < -0.39 is 0 Å². The van der Waals surface area contributed by atoms with E-state index in [9.17, 15) is 0 Å². The van der Waals surface area contributed by atoms with E-state index in [0.717, 1.165) is 18.7 Å². The maximum Gasteiger partial charge on any atom is 0.126 e. The predicted octanol–water partition coefficient (Wildman–Crippen LogP) is 7.41. The van der Waals surface area contributed by atoms with E-state index >= 15 is 0 Å². The van der Waals surface area contributed by atoms with Crippen LogP contribution in [0.15, 0.2) is 54.6 Å². The first-order valence-electron chi connectivity index (χ1n) is 12.8. The molecule has 1 fully saturated rings. The molecule has 1 atom stereocenters. The third-order valence-corrected chi connectivity index (χ3v) is 7.85. The van der Waals surface area contributed by atoms with Gasteiger partial charge in [0.05, 0.1) is 0 Å². The zero-order chi connectivity index (χ0) is 22.8. The second-order valence-electron chi connectivity index (χ2n) is 10.1. The minimum Gasteiger partial charge on any atom is -0.488 e. The molecule has 1 heterocycles. The van der Waals surface area contributed by atoms with Crippen molar-refractivity contribution in [2.75, 3.05) is 6.54 Å². The Balaban J connectivity index is 1.38. The summed E-state index contributed by atoms with van der Waals surface area (Å²) in [6, 6.07) is 20.4. The third kappa shape index (κ3) is 4.59. The highest BCUT2D eigenvalue weighted by atomic mass is 16.5. The Morgan fingerprint density at radius 2 is 1.70 bits per heavy atom. The summed E-state index contributed by atoms with van der Waals surface area (Å²) >= 11 is 0. The molecule has 0 unspecified atom stereocenters. The quantitative estimate of drug-likeness (QED) is 0.396. The van der Waals surface area contributed by atoms with Gasteiger partial charge in [0, 0.05) is 12.6 Å². The minimum absolute atomic E-state index is 0.627. The molecule has 2 nitrogen and oxygen atoms in total. The van der Waals surface area contributed by atoms with E-state index in [1.807, 2.05) is 0 Å². The number of benzene rings is 3. The van der Waals surface area contributed by atoms with Crippen molar-refractivity contribution < 1.29 is 4.74 Å². The van der Waals surface area contributed by atoms with Gasteiger partial charge in [-0.05, 0) is 104 Å². The highest BCUT2D eigenvalue weighted by Gasteiger charge is 2.25. The summed E-state index contributed by atoms with van der Waals surface area (Å²) in [5.74, 6) is 1.14. The molecule has 172 valence electrons. The number of hydrogen-bond acceptors (Lipinski definition) is 2. The third-order valence-electron chi connectivity index (χ3n) is 7.85. The van der Waals surface area contributed by atoms with Crippen molar-refractivity contribution in [2.24, 2.45) is 0 Å². The first kappa shape index (κ1) is 22.2. The van der Waals surface area contributed by atoms with E-state index in [4.69, 9.17) is 4.74 Å². The summed E-state index contributed by atoms with van der Waals surface area (Å²) in [5.41, 5.74) is 11.0. The SMILES string of the molecule is Cc1cc(CN2CCCC[C@H]2C)c2c(c1OCc1cccc(-c3ccccc3)c1C)CCC2. The van der Waals surface area contributed by atoms with Crippen molar-refractivity contribution in [3.05, 3.63) is 88.0 Å². The van der Waals surface area contributed by atoms with Gasteiger partial charge in [-0.2, -0.15) is 0 Å². The molecular formula is C31H37NO. The maximum absolute atomic E-state index is 6.59. The van der Waals surface area contributed by atoms with Crippen LogP contribution < -0.4 is 4.74 Å². The van der Waals surface area contributed by atoms with Crippen LogP contribution >= 0.6 is 0 Å². The molecule has 0 N–H and O–H groups in total. The molecule has 3 aromatic rings. The van der Waals surface area contributed by atoms with Gasteiger partial charge in [0.25, 0.3) is 0 Å². The number of hydrogen-bond donors (Lipinski definition) is 0. The van der Waals surface area contributed by atoms with Gasteiger partial charge in [-0.3, -0.25) is 4.90 Å². The predicted molar refractivity (Wildman–Crippen MR) is 138 cm³/mol. The van der Waals surface area contributed by atoms with Crippen LogP contribution in [0.3, 0.4) is 0 Å². The normalized spacial score (nSPS) is 18.3. The number of likely N-dealkylation sites (tertiary alicyclic amines) is 1. The fraction of sp³-hybridized carbons (Fsp3) is 0.419. The molecule has 2 heteroatoms. The molecule has 1 aliphatic carbocycles.